The Morgan fingerprint density at radius 3 is 2.83 bits per heavy atom. The number of hydrogen-bond donors (Lipinski definition) is 3. The summed E-state index contributed by atoms with van der Waals surface area (Å²) in [6, 6.07) is 5.63. The van der Waals surface area contributed by atoms with Crippen molar-refractivity contribution in [2.45, 2.75) is 12.5 Å². The summed E-state index contributed by atoms with van der Waals surface area (Å²) in [6.07, 6.45) is 1.63. The van der Waals surface area contributed by atoms with Gasteiger partial charge in [-0.25, -0.2) is 4.68 Å². The molecule has 2 aromatic rings. The first-order valence-electron chi connectivity index (χ1n) is 5.26. The van der Waals surface area contributed by atoms with Crippen molar-refractivity contribution in [2.24, 2.45) is 5.73 Å². The summed E-state index contributed by atoms with van der Waals surface area (Å²) < 4.78 is 1.37. The second-order valence-electron chi connectivity index (χ2n) is 3.79. The highest BCUT2D eigenvalue weighted by molar-refractivity contribution is 5.73. The largest absolute Gasteiger partial charge is 0.506 e. The number of rotatable bonds is 4. The van der Waals surface area contributed by atoms with Crippen LogP contribution in [0.25, 0.3) is 5.69 Å². The van der Waals surface area contributed by atoms with Crippen molar-refractivity contribution in [3.8, 4) is 11.4 Å². The molecule has 1 heterocycles. The van der Waals surface area contributed by atoms with Crippen molar-refractivity contribution in [1.29, 1.82) is 0 Å². The fraction of sp³-hybridized carbons (Fsp3) is 0.182. The summed E-state index contributed by atoms with van der Waals surface area (Å²) in [5.74, 6) is -1.02. The molecule has 18 heavy (non-hydrogen) atoms. The molecule has 7 nitrogen and oxygen atoms in total. The minimum atomic E-state index is -1.09. The van der Waals surface area contributed by atoms with Gasteiger partial charge in [0.15, 0.2) is 0 Å². The van der Waals surface area contributed by atoms with E-state index in [2.05, 4.69) is 10.3 Å². The molecule has 1 aromatic carbocycles. The van der Waals surface area contributed by atoms with Crippen molar-refractivity contribution in [3.63, 3.8) is 0 Å². The molecule has 94 valence electrons. The van der Waals surface area contributed by atoms with Crippen LogP contribution in [0.2, 0.25) is 0 Å². The van der Waals surface area contributed by atoms with Crippen LogP contribution < -0.4 is 5.73 Å². The number of phenolic OH excluding ortho intramolecular Hbond substituents is 1. The maximum Gasteiger partial charge on any atom is 0.320 e. The molecule has 0 aliphatic carbocycles. The molecule has 0 amide bonds. The van der Waals surface area contributed by atoms with Crippen molar-refractivity contribution >= 4 is 5.97 Å². The molecule has 0 saturated heterocycles. The van der Waals surface area contributed by atoms with E-state index in [0.29, 0.717) is 11.4 Å². The smallest absolute Gasteiger partial charge is 0.320 e. The molecule has 0 spiro atoms. The first-order valence-corrected chi connectivity index (χ1v) is 5.26. The molecule has 7 heteroatoms. The number of nitrogens with zero attached hydrogens (tertiary/aromatic N) is 3. The number of para-hydroxylation sites is 2. The lowest BCUT2D eigenvalue weighted by molar-refractivity contribution is -0.138. The topological polar surface area (TPSA) is 114 Å². The van der Waals surface area contributed by atoms with E-state index in [0.717, 1.165) is 0 Å². The van der Waals surface area contributed by atoms with E-state index in [1.165, 1.54) is 16.9 Å². The Morgan fingerprint density at radius 1 is 1.44 bits per heavy atom. The molecule has 0 radical (unpaired) electrons. The first kappa shape index (κ1) is 12.1. The van der Waals surface area contributed by atoms with Gasteiger partial charge < -0.3 is 15.9 Å². The number of carboxylic acids is 1. The van der Waals surface area contributed by atoms with Crippen molar-refractivity contribution in [2.75, 3.05) is 0 Å². The Morgan fingerprint density at radius 2 is 2.17 bits per heavy atom. The third-order valence-corrected chi connectivity index (χ3v) is 2.42. The number of aromatic nitrogens is 3. The summed E-state index contributed by atoms with van der Waals surface area (Å²) in [6.45, 7) is 0. The maximum atomic E-state index is 10.6. The van der Waals surface area contributed by atoms with Crippen molar-refractivity contribution in [1.82, 2.24) is 15.0 Å². The summed E-state index contributed by atoms with van der Waals surface area (Å²) in [5, 5.41) is 26.0. The van der Waals surface area contributed by atoms with Gasteiger partial charge in [0.2, 0.25) is 0 Å². The zero-order valence-electron chi connectivity index (χ0n) is 9.39. The lowest BCUT2D eigenvalue weighted by Gasteiger charge is -2.02. The van der Waals surface area contributed by atoms with Crippen LogP contribution in [0.4, 0.5) is 0 Å². The predicted octanol–water partition coefficient (Wildman–Crippen LogP) is -0.0727. The normalized spacial score (nSPS) is 12.3. The monoisotopic (exact) mass is 248 g/mol. The van der Waals surface area contributed by atoms with Crippen LogP contribution in [-0.4, -0.2) is 37.2 Å². The highest BCUT2D eigenvalue weighted by Gasteiger charge is 2.15. The zero-order chi connectivity index (χ0) is 13.1. The Hall–Kier alpha value is -2.41. The Bertz CT molecular complexity index is 567. The number of benzene rings is 1. The van der Waals surface area contributed by atoms with E-state index in [1.54, 1.807) is 18.2 Å². The molecule has 1 aromatic heterocycles. The number of hydrogen-bond acceptors (Lipinski definition) is 5. The highest BCUT2D eigenvalue weighted by Crippen LogP contribution is 2.19. The number of aliphatic carboxylic acids is 1. The van der Waals surface area contributed by atoms with Gasteiger partial charge in [0.1, 0.15) is 17.5 Å². The van der Waals surface area contributed by atoms with Gasteiger partial charge in [0.05, 0.1) is 11.9 Å². The number of carboxylic acid groups (broad SMARTS) is 1. The van der Waals surface area contributed by atoms with Gasteiger partial charge in [-0.3, -0.25) is 4.79 Å². The average Bonchev–Trinajstić information content (AvgIpc) is 2.77. The molecule has 1 atom stereocenters. The summed E-state index contributed by atoms with van der Waals surface area (Å²) >= 11 is 0. The Kier molecular flexibility index (Phi) is 3.24. The summed E-state index contributed by atoms with van der Waals surface area (Å²) in [7, 11) is 0. The number of carbonyl (C=O) groups is 1. The van der Waals surface area contributed by atoms with E-state index in [4.69, 9.17) is 10.8 Å². The molecule has 2 rings (SSSR count). The molecule has 0 aliphatic rings. The lowest BCUT2D eigenvalue weighted by Crippen LogP contribution is -2.32. The average molecular weight is 248 g/mol. The number of nitrogens with two attached hydrogens (primary N) is 1. The standard InChI is InChI=1S/C11H12N4O3/c12-8(11(17)18)5-7-6-15(14-13-7)9-3-1-2-4-10(9)16/h1-4,6,8,16H,5,12H2,(H,17,18)/t8-/m0/s1. The minimum Gasteiger partial charge on any atom is -0.506 e. The van der Waals surface area contributed by atoms with E-state index in [-0.39, 0.29) is 12.2 Å². The van der Waals surface area contributed by atoms with Crippen LogP contribution in [-0.2, 0) is 11.2 Å². The predicted molar refractivity (Wildman–Crippen MR) is 62.3 cm³/mol. The van der Waals surface area contributed by atoms with Gasteiger partial charge in [-0.2, -0.15) is 0 Å². The van der Waals surface area contributed by atoms with E-state index in [9.17, 15) is 9.90 Å². The molecule has 4 N–H and O–H groups in total. The molecular formula is C11H12N4O3. The minimum absolute atomic E-state index is 0.0662. The van der Waals surface area contributed by atoms with Gasteiger partial charge in [-0.1, -0.05) is 17.3 Å². The maximum absolute atomic E-state index is 10.6. The lowest BCUT2D eigenvalue weighted by atomic mass is 10.2. The van der Waals surface area contributed by atoms with Crippen LogP contribution in [0, 0.1) is 0 Å². The zero-order valence-corrected chi connectivity index (χ0v) is 9.39. The van der Waals surface area contributed by atoms with Gasteiger partial charge in [0, 0.05) is 6.42 Å². The quantitative estimate of drug-likeness (QED) is 0.697. The SMILES string of the molecule is N[C@@H](Cc1cn(-c2ccccc2O)nn1)C(=O)O. The van der Waals surface area contributed by atoms with Gasteiger partial charge in [-0.15, -0.1) is 5.10 Å². The van der Waals surface area contributed by atoms with Crippen LogP contribution in [0.1, 0.15) is 5.69 Å². The number of phenols is 1. The van der Waals surface area contributed by atoms with E-state index in [1.807, 2.05) is 0 Å². The molecule has 0 saturated carbocycles. The highest BCUT2D eigenvalue weighted by atomic mass is 16.4. The molecular weight excluding hydrogens is 236 g/mol. The van der Waals surface area contributed by atoms with Gasteiger partial charge in [0.25, 0.3) is 0 Å². The van der Waals surface area contributed by atoms with Crippen LogP contribution in [0.3, 0.4) is 0 Å². The van der Waals surface area contributed by atoms with Crippen molar-refractivity contribution in [3.05, 3.63) is 36.2 Å². The summed E-state index contributed by atoms with van der Waals surface area (Å²) in [5.41, 5.74) is 6.32. The third kappa shape index (κ3) is 2.46. The fourth-order valence-electron chi connectivity index (χ4n) is 1.48. The molecule has 0 aliphatic heterocycles. The number of aromatic hydroxyl groups is 1. The first-order chi connectivity index (χ1) is 8.58. The van der Waals surface area contributed by atoms with Crippen LogP contribution in [0.5, 0.6) is 5.75 Å². The van der Waals surface area contributed by atoms with Crippen molar-refractivity contribution < 1.29 is 15.0 Å². The molecule has 0 fully saturated rings. The van der Waals surface area contributed by atoms with Gasteiger partial charge >= 0.3 is 5.97 Å². The summed E-state index contributed by atoms with van der Waals surface area (Å²) in [4.78, 5) is 10.6. The fourth-order valence-corrected chi connectivity index (χ4v) is 1.48. The van der Waals surface area contributed by atoms with E-state index >= 15 is 0 Å². The Balaban J connectivity index is 2.21. The van der Waals surface area contributed by atoms with Crippen LogP contribution >= 0.6 is 0 Å². The molecule has 0 bridgehead atoms. The van der Waals surface area contributed by atoms with Crippen LogP contribution in [0.15, 0.2) is 30.5 Å². The van der Waals surface area contributed by atoms with E-state index < -0.39 is 12.0 Å². The second-order valence-corrected chi connectivity index (χ2v) is 3.79. The van der Waals surface area contributed by atoms with Gasteiger partial charge in [-0.05, 0) is 12.1 Å². The second kappa shape index (κ2) is 4.84. The molecule has 0 unspecified atom stereocenters. The third-order valence-electron chi connectivity index (χ3n) is 2.42. The Labute approximate surface area is 102 Å².